The van der Waals surface area contributed by atoms with E-state index in [0.717, 1.165) is 18.6 Å². The van der Waals surface area contributed by atoms with Crippen LogP contribution in [0.4, 0.5) is 0 Å². The maximum absolute atomic E-state index is 5.46. The molecule has 0 fully saturated rings. The first-order valence-corrected chi connectivity index (χ1v) is 4.84. The summed E-state index contributed by atoms with van der Waals surface area (Å²) in [7, 11) is 0. The van der Waals surface area contributed by atoms with Gasteiger partial charge in [0, 0.05) is 12.5 Å². The van der Waals surface area contributed by atoms with Crippen LogP contribution in [0.15, 0.2) is 12.4 Å². The summed E-state index contributed by atoms with van der Waals surface area (Å²) in [6.07, 6.45) is 10.4. The van der Waals surface area contributed by atoms with Gasteiger partial charge in [-0.25, -0.2) is 0 Å². The van der Waals surface area contributed by atoms with Crippen molar-refractivity contribution >= 4 is 0 Å². The highest BCUT2D eigenvalue weighted by molar-refractivity contribution is 5.11. The molecule has 14 heavy (non-hydrogen) atoms. The Morgan fingerprint density at radius 2 is 2.43 bits per heavy atom. The number of unbranched alkanes of at least 4 members (excludes halogenated alkanes) is 1. The van der Waals surface area contributed by atoms with Gasteiger partial charge in [-0.1, -0.05) is 0 Å². The van der Waals surface area contributed by atoms with Gasteiger partial charge >= 0.3 is 0 Å². The lowest BCUT2D eigenvalue weighted by Crippen LogP contribution is -2.00. The lowest BCUT2D eigenvalue weighted by atomic mass is 10.3. The van der Waals surface area contributed by atoms with E-state index in [2.05, 4.69) is 24.9 Å². The van der Waals surface area contributed by atoms with Gasteiger partial charge in [0.15, 0.2) is 5.75 Å². The maximum atomic E-state index is 5.46. The molecular formula is C11H16N2O. The highest BCUT2D eigenvalue weighted by Crippen LogP contribution is 2.12. The predicted octanol–water partition coefficient (Wildman–Crippen LogP) is 2.26. The van der Waals surface area contributed by atoms with Crippen LogP contribution in [-0.4, -0.2) is 16.4 Å². The highest BCUT2D eigenvalue weighted by Gasteiger charge is 2.01. The molecule has 0 spiro atoms. The normalized spacial score (nSPS) is 10.1. The molecule has 1 aromatic rings. The van der Waals surface area contributed by atoms with Crippen molar-refractivity contribution in [3.8, 4) is 18.1 Å². The van der Waals surface area contributed by atoms with Crippen LogP contribution in [0, 0.1) is 12.3 Å². The molecule has 0 radical (unpaired) electrons. The summed E-state index contributed by atoms with van der Waals surface area (Å²) in [5.74, 6) is 3.39. The van der Waals surface area contributed by atoms with E-state index in [4.69, 9.17) is 11.2 Å². The number of terminal acetylenes is 1. The van der Waals surface area contributed by atoms with Crippen molar-refractivity contribution in [2.75, 3.05) is 6.61 Å². The van der Waals surface area contributed by atoms with E-state index in [0.29, 0.717) is 12.6 Å². The van der Waals surface area contributed by atoms with Crippen LogP contribution in [-0.2, 0) is 0 Å². The Labute approximate surface area is 85.1 Å². The fourth-order valence-corrected chi connectivity index (χ4v) is 1.04. The SMILES string of the molecule is C#CCCCOc1cnn(C(C)C)c1. The van der Waals surface area contributed by atoms with E-state index < -0.39 is 0 Å². The van der Waals surface area contributed by atoms with Gasteiger partial charge in [-0.3, -0.25) is 4.68 Å². The van der Waals surface area contributed by atoms with Gasteiger partial charge in [-0.15, -0.1) is 12.3 Å². The molecule has 76 valence electrons. The average Bonchev–Trinajstić information content (AvgIpc) is 2.61. The minimum absolute atomic E-state index is 0.373. The minimum Gasteiger partial charge on any atom is -0.490 e. The Morgan fingerprint density at radius 1 is 1.64 bits per heavy atom. The molecule has 0 aliphatic rings. The zero-order chi connectivity index (χ0) is 10.4. The Morgan fingerprint density at radius 3 is 3.00 bits per heavy atom. The van der Waals surface area contributed by atoms with Crippen LogP contribution in [0.3, 0.4) is 0 Å². The van der Waals surface area contributed by atoms with Crippen LogP contribution < -0.4 is 4.74 Å². The quantitative estimate of drug-likeness (QED) is 0.528. The summed E-state index contributed by atoms with van der Waals surface area (Å²) in [6.45, 7) is 4.82. The molecule has 0 aliphatic heterocycles. The molecule has 0 amide bonds. The van der Waals surface area contributed by atoms with E-state index >= 15 is 0 Å². The predicted molar refractivity (Wildman–Crippen MR) is 56.2 cm³/mol. The fourth-order valence-electron chi connectivity index (χ4n) is 1.04. The molecular weight excluding hydrogens is 176 g/mol. The number of rotatable bonds is 5. The molecule has 1 rings (SSSR count). The van der Waals surface area contributed by atoms with Crippen LogP contribution in [0.1, 0.15) is 32.7 Å². The Hall–Kier alpha value is -1.43. The van der Waals surface area contributed by atoms with E-state index in [1.807, 2.05) is 10.9 Å². The second kappa shape index (κ2) is 5.33. The van der Waals surface area contributed by atoms with Gasteiger partial charge in [0.05, 0.1) is 19.0 Å². The topological polar surface area (TPSA) is 27.1 Å². The molecule has 0 saturated heterocycles. The highest BCUT2D eigenvalue weighted by atomic mass is 16.5. The third-order valence-corrected chi connectivity index (χ3v) is 1.84. The van der Waals surface area contributed by atoms with Crippen LogP contribution in [0.5, 0.6) is 5.75 Å². The molecule has 0 aliphatic carbocycles. The molecule has 1 aromatic heterocycles. The molecule has 3 nitrogen and oxygen atoms in total. The molecule has 0 N–H and O–H groups in total. The third-order valence-electron chi connectivity index (χ3n) is 1.84. The Kier molecular flexibility index (Phi) is 4.06. The van der Waals surface area contributed by atoms with E-state index in [9.17, 15) is 0 Å². The van der Waals surface area contributed by atoms with Crippen molar-refractivity contribution in [2.24, 2.45) is 0 Å². The monoisotopic (exact) mass is 192 g/mol. The number of hydrogen-bond donors (Lipinski definition) is 0. The first-order valence-electron chi connectivity index (χ1n) is 4.84. The van der Waals surface area contributed by atoms with Crippen molar-refractivity contribution in [1.29, 1.82) is 0 Å². The molecule has 0 bridgehead atoms. The van der Waals surface area contributed by atoms with Crippen molar-refractivity contribution in [3.63, 3.8) is 0 Å². The zero-order valence-electron chi connectivity index (χ0n) is 8.73. The number of nitrogens with zero attached hydrogens (tertiary/aromatic N) is 2. The van der Waals surface area contributed by atoms with Gasteiger partial charge in [0.25, 0.3) is 0 Å². The third kappa shape index (κ3) is 3.14. The average molecular weight is 192 g/mol. The summed E-state index contributed by atoms with van der Waals surface area (Å²) < 4.78 is 7.33. The maximum Gasteiger partial charge on any atom is 0.157 e. The Bertz CT molecular complexity index is 309. The number of ether oxygens (including phenoxy) is 1. The van der Waals surface area contributed by atoms with Crippen LogP contribution >= 0.6 is 0 Å². The first kappa shape index (κ1) is 10.6. The fraction of sp³-hybridized carbons (Fsp3) is 0.545. The van der Waals surface area contributed by atoms with E-state index in [1.54, 1.807) is 6.20 Å². The molecule has 0 unspecified atom stereocenters. The largest absolute Gasteiger partial charge is 0.490 e. The summed E-state index contributed by atoms with van der Waals surface area (Å²) in [6, 6.07) is 0.373. The van der Waals surface area contributed by atoms with E-state index in [1.165, 1.54) is 0 Å². The van der Waals surface area contributed by atoms with Gasteiger partial charge in [0.1, 0.15) is 0 Å². The summed E-state index contributed by atoms with van der Waals surface area (Å²) in [5, 5.41) is 4.17. The Balaban J connectivity index is 2.33. The second-order valence-corrected chi connectivity index (χ2v) is 3.41. The van der Waals surface area contributed by atoms with Crippen LogP contribution in [0.25, 0.3) is 0 Å². The van der Waals surface area contributed by atoms with Gasteiger partial charge < -0.3 is 4.74 Å². The number of hydrogen-bond acceptors (Lipinski definition) is 2. The van der Waals surface area contributed by atoms with Crippen molar-refractivity contribution in [2.45, 2.75) is 32.7 Å². The van der Waals surface area contributed by atoms with Gasteiger partial charge in [0.2, 0.25) is 0 Å². The van der Waals surface area contributed by atoms with Crippen molar-refractivity contribution in [1.82, 2.24) is 9.78 Å². The number of aromatic nitrogens is 2. The zero-order valence-corrected chi connectivity index (χ0v) is 8.73. The standard InChI is InChI=1S/C11H16N2O/c1-4-5-6-7-14-11-8-12-13(9-11)10(2)3/h1,8-10H,5-7H2,2-3H3. The van der Waals surface area contributed by atoms with Gasteiger partial charge in [-0.05, 0) is 20.3 Å². The first-order chi connectivity index (χ1) is 6.74. The lowest BCUT2D eigenvalue weighted by molar-refractivity contribution is 0.312. The molecule has 0 saturated carbocycles. The summed E-state index contributed by atoms with van der Waals surface area (Å²) in [5.41, 5.74) is 0. The van der Waals surface area contributed by atoms with E-state index in [-0.39, 0.29) is 0 Å². The lowest BCUT2D eigenvalue weighted by Gasteiger charge is -2.03. The smallest absolute Gasteiger partial charge is 0.157 e. The van der Waals surface area contributed by atoms with Crippen LogP contribution in [0.2, 0.25) is 0 Å². The van der Waals surface area contributed by atoms with Crippen molar-refractivity contribution < 1.29 is 4.74 Å². The minimum atomic E-state index is 0.373. The second-order valence-electron chi connectivity index (χ2n) is 3.41. The van der Waals surface area contributed by atoms with Crippen molar-refractivity contribution in [3.05, 3.63) is 12.4 Å². The molecule has 0 aromatic carbocycles. The summed E-state index contributed by atoms with van der Waals surface area (Å²) in [4.78, 5) is 0. The summed E-state index contributed by atoms with van der Waals surface area (Å²) >= 11 is 0. The molecule has 3 heteroatoms. The molecule has 0 atom stereocenters. The van der Waals surface area contributed by atoms with Gasteiger partial charge in [-0.2, -0.15) is 5.10 Å². The molecule has 1 heterocycles.